The highest BCUT2D eigenvalue weighted by molar-refractivity contribution is 9.10. The minimum absolute atomic E-state index is 0.0194. The summed E-state index contributed by atoms with van der Waals surface area (Å²) >= 11 is 3.44. The van der Waals surface area contributed by atoms with Crippen LogP contribution in [-0.4, -0.2) is 28.3 Å². The van der Waals surface area contributed by atoms with Crippen molar-refractivity contribution >= 4 is 27.7 Å². The van der Waals surface area contributed by atoms with Crippen LogP contribution in [0.15, 0.2) is 53.0 Å². The van der Waals surface area contributed by atoms with E-state index in [1.54, 1.807) is 11.8 Å². The van der Waals surface area contributed by atoms with Crippen molar-refractivity contribution in [2.24, 2.45) is 0 Å². The van der Waals surface area contributed by atoms with E-state index in [9.17, 15) is 9.59 Å². The first kappa shape index (κ1) is 24.1. The second-order valence-electron chi connectivity index (χ2n) is 8.73. The molecule has 0 bridgehead atoms. The minimum atomic E-state index is -0.553. The lowest BCUT2D eigenvalue weighted by atomic mass is 10.0. The first-order valence-corrected chi connectivity index (χ1v) is 11.3. The summed E-state index contributed by atoms with van der Waals surface area (Å²) in [7, 11) is 0. The molecule has 162 valence electrons. The fraction of sp³-hybridized carbons (Fsp3) is 0.440. The lowest BCUT2D eigenvalue weighted by Crippen LogP contribution is -2.52. The van der Waals surface area contributed by atoms with E-state index < -0.39 is 6.04 Å². The Morgan fingerprint density at radius 2 is 1.50 bits per heavy atom. The monoisotopic (exact) mass is 472 g/mol. The molecule has 0 aliphatic rings. The normalized spacial score (nSPS) is 12.3. The second kappa shape index (κ2) is 10.8. The molecule has 1 atom stereocenters. The van der Waals surface area contributed by atoms with Crippen molar-refractivity contribution in [3.63, 3.8) is 0 Å². The number of hydrogen-bond acceptors (Lipinski definition) is 2. The summed E-state index contributed by atoms with van der Waals surface area (Å²) in [5.41, 5.74) is 3.07. The van der Waals surface area contributed by atoms with Crippen LogP contribution in [0.5, 0.6) is 0 Å². The molecular weight excluding hydrogens is 440 g/mol. The van der Waals surface area contributed by atoms with Gasteiger partial charge in [-0.1, -0.05) is 59.3 Å². The van der Waals surface area contributed by atoms with Gasteiger partial charge in [-0.05, 0) is 69.4 Å². The maximum absolute atomic E-state index is 13.2. The molecule has 0 aromatic heterocycles. The number of amides is 2. The van der Waals surface area contributed by atoms with Crippen molar-refractivity contribution < 1.29 is 9.59 Å². The van der Waals surface area contributed by atoms with E-state index in [-0.39, 0.29) is 17.4 Å². The van der Waals surface area contributed by atoms with Gasteiger partial charge < -0.3 is 10.2 Å². The molecule has 4 nitrogen and oxygen atoms in total. The van der Waals surface area contributed by atoms with Crippen molar-refractivity contribution in [2.75, 3.05) is 0 Å². The third-order valence-electron chi connectivity index (χ3n) is 4.99. The van der Waals surface area contributed by atoms with Crippen molar-refractivity contribution in [1.29, 1.82) is 0 Å². The second-order valence-corrected chi connectivity index (χ2v) is 9.65. The van der Waals surface area contributed by atoms with Crippen molar-refractivity contribution in [3.8, 4) is 0 Å². The minimum Gasteiger partial charge on any atom is -0.350 e. The molecule has 0 heterocycles. The van der Waals surface area contributed by atoms with E-state index >= 15 is 0 Å². The zero-order valence-corrected chi connectivity index (χ0v) is 20.3. The maximum atomic E-state index is 13.2. The zero-order chi connectivity index (χ0) is 22.3. The van der Waals surface area contributed by atoms with Crippen LogP contribution < -0.4 is 5.32 Å². The number of hydrogen-bond donors (Lipinski definition) is 1. The van der Waals surface area contributed by atoms with Crippen LogP contribution in [0.2, 0.25) is 0 Å². The maximum Gasteiger partial charge on any atom is 0.242 e. The average Bonchev–Trinajstić information content (AvgIpc) is 2.70. The standard InChI is InChI=1S/C25H33BrN2O2/c1-6-19-7-9-20(10-8-19)13-16-23(29)28(17-21-11-14-22(26)15-12-21)18(2)24(30)27-25(3,4)5/h7-12,14-15,18H,6,13,16-17H2,1-5H3,(H,27,30)/t18-/m0/s1. The molecule has 0 fully saturated rings. The predicted octanol–water partition coefficient (Wildman–Crippen LogP) is 5.28. The molecule has 2 aromatic carbocycles. The molecule has 0 aliphatic carbocycles. The summed E-state index contributed by atoms with van der Waals surface area (Å²) in [4.78, 5) is 27.6. The van der Waals surface area contributed by atoms with Crippen molar-refractivity contribution in [3.05, 3.63) is 69.7 Å². The molecule has 30 heavy (non-hydrogen) atoms. The topological polar surface area (TPSA) is 49.4 Å². The Bertz CT molecular complexity index is 839. The van der Waals surface area contributed by atoms with Crippen LogP contribution in [-0.2, 0) is 29.0 Å². The van der Waals surface area contributed by atoms with Gasteiger partial charge in [0, 0.05) is 23.0 Å². The van der Waals surface area contributed by atoms with Gasteiger partial charge in [0.2, 0.25) is 11.8 Å². The zero-order valence-electron chi connectivity index (χ0n) is 18.7. The van der Waals surface area contributed by atoms with E-state index in [1.807, 2.05) is 45.0 Å². The van der Waals surface area contributed by atoms with Crippen LogP contribution in [0.1, 0.15) is 57.7 Å². The third-order valence-corrected chi connectivity index (χ3v) is 5.52. The van der Waals surface area contributed by atoms with Gasteiger partial charge in [0.25, 0.3) is 0 Å². The molecule has 0 saturated carbocycles. The van der Waals surface area contributed by atoms with Crippen LogP contribution in [0.3, 0.4) is 0 Å². The van der Waals surface area contributed by atoms with Crippen LogP contribution >= 0.6 is 15.9 Å². The van der Waals surface area contributed by atoms with Gasteiger partial charge in [-0.2, -0.15) is 0 Å². The van der Waals surface area contributed by atoms with Crippen LogP contribution in [0.25, 0.3) is 0 Å². The molecule has 0 saturated heterocycles. The average molecular weight is 473 g/mol. The van der Waals surface area contributed by atoms with Gasteiger partial charge in [0.1, 0.15) is 6.04 Å². The number of carbonyl (C=O) groups is 2. The van der Waals surface area contributed by atoms with Gasteiger partial charge in [0.15, 0.2) is 0 Å². The molecule has 0 radical (unpaired) electrons. The van der Waals surface area contributed by atoms with Gasteiger partial charge in [0.05, 0.1) is 0 Å². The largest absolute Gasteiger partial charge is 0.350 e. The predicted molar refractivity (Wildman–Crippen MR) is 126 cm³/mol. The first-order valence-electron chi connectivity index (χ1n) is 10.5. The molecule has 0 unspecified atom stereocenters. The summed E-state index contributed by atoms with van der Waals surface area (Å²) in [5.74, 6) is -0.158. The van der Waals surface area contributed by atoms with Crippen LogP contribution in [0, 0.1) is 0 Å². The van der Waals surface area contributed by atoms with Gasteiger partial charge in [-0.15, -0.1) is 0 Å². The SMILES string of the molecule is CCc1ccc(CCC(=O)N(Cc2ccc(Br)cc2)[C@@H](C)C(=O)NC(C)(C)C)cc1. The van der Waals surface area contributed by atoms with E-state index in [4.69, 9.17) is 0 Å². The number of benzene rings is 2. The Morgan fingerprint density at radius 3 is 2.03 bits per heavy atom. The fourth-order valence-corrected chi connectivity index (χ4v) is 3.44. The fourth-order valence-electron chi connectivity index (χ4n) is 3.18. The Labute approximate surface area is 189 Å². The molecule has 0 aliphatic heterocycles. The summed E-state index contributed by atoms with van der Waals surface area (Å²) in [6.07, 6.45) is 2.03. The lowest BCUT2D eigenvalue weighted by molar-refractivity contribution is -0.141. The Morgan fingerprint density at radius 1 is 0.967 bits per heavy atom. The number of rotatable bonds is 8. The van der Waals surface area contributed by atoms with Gasteiger partial charge in [-0.25, -0.2) is 0 Å². The highest BCUT2D eigenvalue weighted by Crippen LogP contribution is 2.17. The van der Waals surface area contributed by atoms with E-state index in [0.717, 1.165) is 22.0 Å². The highest BCUT2D eigenvalue weighted by Gasteiger charge is 2.28. The summed E-state index contributed by atoms with van der Waals surface area (Å²) < 4.78 is 0.984. The van der Waals surface area contributed by atoms with E-state index in [0.29, 0.717) is 19.4 Å². The molecule has 0 spiro atoms. The molecule has 5 heteroatoms. The number of nitrogens with one attached hydrogen (secondary N) is 1. The highest BCUT2D eigenvalue weighted by atomic mass is 79.9. The lowest BCUT2D eigenvalue weighted by Gasteiger charge is -2.31. The molecule has 2 rings (SSSR count). The molecular formula is C25H33BrN2O2. The van der Waals surface area contributed by atoms with Gasteiger partial charge in [-0.3, -0.25) is 9.59 Å². The van der Waals surface area contributed by atoms with E-state index in [1.165, 1.54) is 5.56 Å². The van der Waals surface area contributed by atoms with Gasteiger partial charge >= 0.3 is 0 Å². The molecule has 2 amide bonds. The van der Waals surface area contributed by atoms with E-state index in [2.05, 4.69) is 52.4 Å². The Kier molecular flexibility index (Phi) is 8.65. The third kappa shape index (κ3) is 7.60. The number of nitrogens with zero attached hydrogens (tertiary/aromatic N) is 1. The van der Waals surface area contributed by atoms with Crippen molar-refractivity contribution in [1.82, 2.24) is 10.2 Å². The Hall–Kier alpha value is -2.14. The molecule has 2 aromatic rings. The van der Waals surface area contributed by atoms with Crippen molar-refractivity contribution in [2.45, 2.75) is 72.0 Å². The first-order chi connectivity index (χ1) is 14.1. The quantitative estimate of drug-likeness (QED) is 0.568. The Balaban J connectivity index is 2.14. The number of aryl methyl sites for hydroxylation is 2. The number of carbonyl (C=O) groups excluding carboxylic acids is 2. The molecule has 1 N–H and O–H groups in total. The smallest absolute Gasteiger partial charge is 0.242 e. The summed E-state index contributed by atoms with van der Waals surface area (Å²) in [5, 5.41) is 3.00. The summed E-state index contributed by atoms with van der Waals surface area (Å²) in [6.45, 7) is 10.2. The van der Waals surface area contributed by atoms with Crippen LogP contribution in [0.4, 0.5) is 0 Å². The number of halogens is 1. The summed E-state index contributed by atoms with van der Waals surface area (Å²) in [6, 6.07) is 15.7.